The summed E-state index contributed by atoms with van der Waals surface area (Å²) in [5, 5.41) is 3.39. The molecular weight excluding hydrogens is 370 g/mol. The van der Waals surface area contributed by atoms with Crippen LogP contribution in [0.15, 0.2) is 53.5 Å². The zero-order valence-corrected chi connectivity index (χ0v) is 18.1. The van der Waals surface area contributed by atoms with Crippen LogP contribution in [0.4, 0.5) is 0 Å². The number of hydrogen-bond acceptors (Lipinski definition) is 3. The van der Waals surface area contributed by atoms with Crippen LogP contribution in [0.25, 0.3) is 16.7 Å². The van der Waals surface area contributed by atoms with E-state index in [1.807, 2.05) is 6.33 Å². The second-order valence-corrected chi connectivity index (χ2v) is 10.6. The second kappa shape index (κ2) is 6.38. The maximum Gasteiger partial charge on any atom is 0.100 e. The fourth-order valence-electron chi connectivity index (χ4n) is 7.80. The highest BCUT2D eigenvalue weighted by atomic mass is 16.3. The van der Waals surface area contributed by atoms with Crippen molar-refractivity contribution in [3.05, 3.63) is 53.2 Å². The lowest BCUT2D eigenvalue weighted by Crippen LogP contribution is -2.49. The minimum Gasteiger partial charge on any atom is -0.302 e. The van der Waals surface area contributed by atoms with E-state index >= 15 is 0 Å². The maximum atomic E-state index is 11.2. The van der Waals surface area contributed by atoms with Gasteiger partial charge < -0.3 is 4.57 Å². The fraction of sp³-hybridized carbons (Fsp3) is 0.577. The van der Waals surface area contributed by atoms with Gasteiger partial charge in [0.15, 0.2) is 0 Å². The summed E-state index contributed by atoms with van der Waals surface area (Å²) in [4.78, 5) is 15.8. The molecule has 1 heterocycles. The number of aromatic nitrogens is 2. The van der Waals surface area contributed by atoms with E-state index in [1.165, 1.54) is 42.5 Å². The lowest BCUT2D eigenvalue weighted by Gasteiger charge is -2.57. The molecule has 0 amide bonds. The van der Waals surface area contributed by atoms with Gasteiger partial charge in [-0.05, 0) is 80.2 Å². The molecule has 4 aliphatic rings. The summed E-state index contributed by atoms with van der Waals surface area (Å²) in [6, 6.07) is 8.49. The molecule has 6 rings (SSSR count). The molecule has 0 aliphatic heterocycles. The number of fused-ring (bicyclic) bond motifs is 6. The number of nitrogens with zero attached hydrogens (tertiary/aromatic N) is 3. The van der Waals surface area contributed by atoms with Crippen molar-refractivity contribution in [1.82, 2.24) is 9.55 Å². The highest BCUT2D eigenvalue weighted by molar-refractivity contribution is 5.80. The van der Waals surface area contributed by atoms with Gasteiger partial charge in [0.25, 0.3) is 0 Å². The van der Waals surface area contributed by atoms with Crippen LogP contribution >= 0.6 is 0 Å². The van der Waals surface area contributed by atoms with Gasteiger partial charge in [0.05, 0.1) is 17.1 Å². The summed E-state index contributed by atoms with van der Waals surface area (Å²) < 4.78 is 2.36. The van der Waals surface area contributed by atoms with Gasteiger partial charge in [0.2, 0.25) is 0 Å². The van der Waals surface area contributed by atoms with Crippen molar-refractivity contribution in [1.29, 1.82) is 0 Å². The second-order valence-electron chi connectivity index (χ2n) is 10.6. The average Bonchev–Trinajstić information content (AvgIpc) is 3.33. The van der Waals surface area contributed by atoms with Crippen molar-refractivity contribution in [2.24, 2.45) is 33.8 Å². The van der Waals surface area contributed by atoms with Crippen molar-refractivity contribution >= 4 is 16.7 Å². The molecule has 2 saturated carbocycles. The lowest BCUT2D eigenvalue weighted by atomic mass is 9.47. The summed E-state index contributed by atoms with van der Waals surface area (Å²) in [6.07, 6.45) is 14.9. The largest absolute Gasteiger partial charge is 0.302 e. The molecule has 0 bridgehead atoms. The highest BCUT2D eigenvalue weighted by Crippen LogP contribution is 2.65. The van der Waals surface area contributed by atoms with Gasteiger partial charge in [-0.3, -0.25) is 0 Å². The molecule has 30 heavy (non-hydrogen) atoms. The third-order valence-electron chi connectivity index (χ3n) is 9.48. The van der Waals surface area contributed by atoms with Crippen molar-refractivity contribution in [2.75, 3.05) is 0 Å². The molecule has 156 valence electrons. The average molecular weight is 402 g/mol. The molecule has 0 radical (unpaired) electrons. The van der Waals surface area contributed by atoms with E-state index in [1.54, 1.807) is 0 Å². The molecular formula is C26H31N3O. The van der Waals surface area contributed by atoms with Crippen LogP contribution in [0, 0.1) is 33.5 Å². The Balaban J connectivity index is 1.35. The summed E-state index contributed by atoms with van der Waals surface area (Å²) in [5.74, 6) is 2.18. The van der Waals surface area contributed by atoms with E-state index in [4.69, 9.17) is 0 Å². The molecule has 4 heteroatoms. The first kappa shape index (κ1) is 18.5. The van der Waals surface area contributed by atoms with Crippen LogP contribution < -0.4 is 0 Å². The summed E-state index contributed by atoms with van der Waals surface area (Å²) >= 11 is 0. The van der Waals surface area contributed by atoms with Gasteiger partial charge in [-0.15, -0.1) is 0 Å². The standard InChI is InChI=1S/C26H31N3O/c1-25-13-11-18(28-30)15-17(25)7-8-19-20-9-10-24(26(20,2)14-12-21(19)25)29-16-27-22-5-3-4-6-23(22)29/h3-7,10,16,18-21H,8-9,11-15H2,1-2H3/t18?,19-,20-,21-,25-,26-/m0/s1. The molecule has 1 aromatic heterocycles. The van der Waals surface area contributed by atoms with Crippen molar-refractivity contribution in [3.8, 4) is 0 Å². The number of hydrogen-bond donors (Lipinski definition) is 0. The Kier molecular flexibility index (Phi) is 3.94. The van der Waals surface area contributed by atoms with Gasteiger partial charge in [0, 0.05) is 11.1 Å². The molecule has 0 spiro atoms. The van der Waals surface area contributed by atoms with Crippen molar-refractivity contribution in [2.45, 2.75) is 64.8 Å². The summed E-state index contributed by atoms with van der Waals surface area (Å²) in [6.45, 7) is 5.00. The molecule has 1 aromatic carbocycles. The maximum absolute atomic E-state index is 11.2. The number of allylic oxidation sites excluding steroid dienone is 3. The Morgan fingerprint density at radius 2 is 1.87 bits per heavy atom. The van der Waals surface area contributed by atoms with E-state index in [0.29, 0.717) is 5.92 Å². The van der Waals surface area contributed by atoms with Crippen LogP contribution in [-0.4, -0.2) is 15.6 Å². The topological polar surface area (TPSA) is 47.2 Å². The van der Waals surface area contributed by atoms with Gasteiger partial charge in [0.1, 0.15) is 6.33 Å². The van der Waals surface area contributed by atoms with Crippen LogP contribution in [0.3, 0.4) is 0 Å². The van der Waals surface area contributed by atoms with Crippen LogP contribution in [0.2, 0.25) is 0 Å². The first-order chi connectivity index (χ1) is 14.5. The van der Waals surface area contributed by atoms with Crippen LogP contribution in [0.5, 0.6) is 0 Å². The molecule has 2 aromatic rings. The van der Waals surface area contributed by atoms with Gasteiger partial charge in [-0.2, -0.15) is 4.91 Å². The highest BCUT2D eigenvalue weighted by Gasteiger charge is 2.57. The predicted octanol–water partition coefficient (Wildman–Crippen LogP) is 6.58. The first-order valence-corrected chi connectivity index (χ1v) is 11.7. The SMILES string of the molecule is C[C@]12CCC(N=O)CC1=CC[C@@H]1[C@@H]2CC[C@]2(C)C(n3cnc4ccccc43)=CC[C@@H]12. The third-order valence-corrected chi connectivity index (χ3v) is 9.48. The molecule has 0 N–H and O–H groups in total. The minimum atomic E-state index is 0.00371. The molecule has 0 saturated heterocycles. The molecule has 6 atom stereocenters. The normalized spacial score (nSPS) is 40.2. The molecule has 4 aliphatic carbocycles. The quantitative estimate of drug-likeness (QED) is 0.421. The molecule has 1 unspecified atom stereocenters. The Morgan fingerprint density at radius 3 is 2.73 bits per heavy atom. The van der Waals surface area contributed by atoms with Gasteiger partial charge in [-0.25, -0.2) is 4.98 Å². The predicted molar refractivity (Wildman–Crippen MR) is 121 cm³/mol. The number of imidazole rings is 1. The van der Waals surface area contributed by atoms with Crippen LogP contribution in [-0.2, 0) is 0 Å². The van der Waals surface area contributed by atoms with Gasteiger partial charge in [-0.1, -0.05) is 48.9 Å². The smallest absolute Gasteiger partial charge is 0.100 e. The first-order valence-electron chi connectivity index (χ1n) is 11.7. The van der Waals surface area contributed by atoms with Crippen molar-refractivity contribution < 1.29 is 0 Å². The molecule has 2 fully saturated rings. The monoisotopic (exact) mass is 401 g/mol. The molecule has 4 nitrogen and oxygen atoms in total. The van der Waals surface area contributed by atoms with E-state index in [9.17, 15) is 4.91 Å². The van der Waals surface area contributed by atoms with E-state index < -0.39 is 0 Å². The van der Waals surface area contributed by atoms with Gasteiger partial charge >= 0.3 is 0 Å². The zero-order chi connectivity index (χ0) is 20.5. The zero-order valence-electron chi connectivity index (χ0n) is 18.1. The minimum absolute atomic E-state index is 0.00371. The van der Waals surface area contributed by atoms with E-state index in [2.05, 4.69) is 65.0 Å². The fourth-order valence-corrected chi connectivity index (χ4v) is 7.80. The Bertz CT molecular complexity index is 1080. The lowest BCUT2D eigenvalue weighted by molar-refractivity contribution is -0.0126. The third kappa shape index (κ3) is 2.36. The number of para-hydroxylation sites is 2. The van der Waals surface area contributed by atoms with E-state index in [-0.39, 0.29) is 16.9 Å². The summed E-state index contributed by atoms with van der Waals surface area (Å²) in [7, 11) is 0. The Labute approximate surface area is 178 Å². The number of benzene rings is 1. The van der Waals surface area contributed by atoms with Crippen LogP contribution in [0.1, 0.15) is 58.8 Å². The number of rotatable bonds is 2. The number of nitroso groups, excluding NO2 is 1. The Morgan fingerprint density at radius 1 is 1.03 bits per heavy atom. The Hall–Kier alpha value is -2.23. The van der Waals surface area contributed by atoms with Crippen molar-refractivity contribution in [3.63, 3.8) is 0 Å². The summed E-state index contributed by atoms with van der Waals surface area (Å²) in [5.41, 5.74) is 5.80. The van der Waals surface area contributed by atoms with E-state index in [0.717, 1.165) is 36.6 Å².